The van der Waals surface area contributed by atoms with E-state index in [1.54, 1.807) is 0 Å². The van der Waals surface area contributed by atoms with E-state index in [4.69, 9.17) is 0 Å². The van der Waals surface area contributed by atoms with Gasteiger partial charge in [-0.05, 0) is 49.2 Å². The van der Waals surface area contributed by atoms with Crippen LogP contribution in [0.25, 0.3) is 0 Å². The highest BCUT2D eigenvalue weighted by Crippen LogP contribution is 2.27. The van der Waals surface area contributed by atoms with E-state index in [-0.39, 0.29) is 11.3 Å². The third kappa shape index (κ3) is 4.47. The average molecular weight is 305 g/mol. The Kier molecular flexibility index (Phi) is 5.60. The van der Waals surface area contributed by atoms with Crippen molar-refractivity contribution in [2.45, 2.75) is 33.6 Å². The van der Waals surface area contributed by atoms with E-state index in [1.807, 2.05) is 75.4 Å². The van der Waals surface area contributed by atoms with Crippen LogP contribution in [0.4, 0.5) is 5.69 Å². The molecule has 0 atom stereocenters. The van der Waals surface area contributed by atoms with Gasteiger partial charge in [0, 0.05) is 22.2 Å². The quantitative estimate of drug-likeness (QED) is 0.804. The van der Waals surface area contributed by atoms with Crippen LogP contribution in [0.15, 0.2) is 54.6 Å². The molecule has 0 radical (unpaired) electrons. The van der Waals surface area contributed by atoms with Gasteiger partial charge in [0.05, 0.1) is 0 Å². The molecule has 23 heavy (non-hydrogen) atoms. The molecule has 0 unspecified atom stereocenters. The van der Waals surface area contributed by atoms with Crippen LogP contribution in [0.5, 0.6) is 0 Å². The normalized spacial score (nSPS) is 10.6. The van der Waals surface area contributed by atoms with Crippen LogP contribution in [0.2, 0.25) is 0 Å². The number of rotatable bonds is 4. The zero-order valence-corrected chi connectivity index (χ0v) is 14.0. The second-order valence-electron chi connectivity index (χ2n) is 5.92. The summed E-state index contributed by atoms with van der Waals surface area (Å²) in [7, 11) is 0. The molecule has 0 aromatic heterocycles. The fraction of sp³-hybridized carbons (Fsp3) is 0.286. The monoisotopic (exact) mass is 305 g/mol. The summed E-state index contributed by atoms with van der Waals surface area (Å²) in [5.41, 5.74) is 2.42. The molecule has 2 heteroatoms. The molecule has 0 fully saturated rings. The van der Waals surface area contributed by atoms with E-state index in [2.05, 4.69) is 17.2 Å². The summed E-state index contributed by atoms with van der Waals surface area (Å²) in [5, 5.41) is 3.00. The van der Waals surface area contributed by atoms with Gasteiger partial charge in [0.25, 0.3) is 0 Å². The molecule has 0 spiro atoms. The number of benzene rings is 2. The number of amides is 1. The highest BCUT2D eigenvalue weighted by atomic mass is 16.2. The molecule has 1 amide bonds. The van der Waals surface area contributed by atoms with Gasteiger partial charge in [-0.3, -0.25) is 4.79 Å². The summed E-state index contributed by atoms with van der Waals surface area (Å²) in [6, 6.07) is 17.6. The van der Waals surface area contributed by atoms with Crippen LogP contribution in [-0.4, -0.2) is 5.91 Å². The standard InChI is InChI=1S/C21H23NO/c1-4-21(3,5-2)20(23)22-19-15-13-18(14-16-19)12-11-17-9-7-6-8-10-17/h6-10,13-16H,4-5H2,1-3H3,(H,22,23). The molecule has 2 rings (SSSR count). The molecule has 2 aromatic rings. The largest absolute Gasteiger partial charge is 0.326 e. The fourth-order valence-corrected chi connectivity index (χ4v) is 2.16. The first kappa shape index (κ1) is 16.8. The van der Waals surface area contributed by atoms with Gasteiger partial charge in [-0.1, -0.05) is 50.8 Å². The molecule has 0 aliphatic carbocycles. The third-order valence-electron chi connectivity index (χ3n) is 4.38. The maximum absolute atomic E-state index is 12.4. The topological polar surface area (TPSA) is 29.1 Å². The lowest BCUT2D eigenvalue weighted by atomic mass is 9.84. The first-order chi connectivity index (χ1) is 11.1. The third-order valence-corrected chi connectivity index (χ3v) is 4.38. The lowest BCUT2D eigenvalue weighted by Gasteiger charge is -2.25. The molecule has 2 aromatic carbocycles. The van der Waals surface area contributed by atoms with Crippen molar-refractivity contribution >= 4 is 11.6 Å². The van der Waals surface area contributed by atoms with Crippen molar-refractivity contribution < 1.29 is 4.79 Å². The Labute approximate surface area is 138 Å². The summed E-state index contributed by atoms with van der Waals surface area (Å²) in [6.45, 7) is 6.10. The van der Waals surface area contributed by atoms with Crippen molar-refractivity contribution in [1.82, 2.24) is 0 Å². The molecule has 0 bridgehead atoms. The Morgan fingerprint density at radius 2 is 1.43 bits per heavy atom. The van der Waals surface area contributed by atoms with Gasteiger partial charge in [-0.15, -0.1) is 0 Å². The van der Waals surface area contributed by atoms with Crippen LogP contribution in [0.1, 0.15) is 44.7 Å². The molecule has 0 saturated heterocycles. The number of anilines is 1. The number of hydrogen-bond acceptors (Lipinski definition) is 1. The van der Waals surface area contributed by atoms with Gasteiger partial charge < -0.3 is 5.32 Å². The van der Waals surface area contributed by atoms with Gasteiger partial charge in [-0.2, -0.15) is 0 Å². The van der Waals surface area contributed by atoms with E-state index < -0.39 is 0 Å². The van der Waals surface area contributed by atoms with E-state index in [9.17, 15) is 4.79 Å². The second-order valence-corrected chi connectivity index (χ2v) is 5.92. The molecular weight excluding hydrogens is 282 g/mol. The fourth-order valence-electron chi connectivity index (χ4n) is 2.16. The predicted molar refractivity (Wildman–Crippen MR) is 96.2 cm³/mol. The minimum Gasteiger partial charge on any atom is -0.326 e. The molecule has 0 heterocycles. The zero-order valence-electron chi connectivity index (χ0n) is 14.0. The summed E-state index contributed by atoms with van der Waals surface area (Å²) in [4.78, 5) is 12.4. The van der Waals surface area contributed by atoms with Crippen molar-refractivity contribution in [2.24, 2.45) is 5.41 Å². The predicted octanol–water partition coefficient (Wildman–Crippen LogP) is 4.85. The highest BCUT2D eigenvalue weighted by Gasteiger charge is 2.28. The Morgan fingerprint density at radius 3 is 1.96 bits per heavy atom. The molecular formula is C21H23NO. The smallest absolute Gasteiger partial charge is 0.230 e. The lowest BCUT2D eigenvalue weighted by molar-refractivity contribution is -0.125. The Balaban J connectivity index is 2.06. The van der Waals surface area contributed by atoms with Crippen molar-refractivity contribution in [3.05, 3.63) is 65.7 Å². The summed E-state index contributed by atoms with van der Waals surface area (Å²) in [6.07, 6.45) is 1.66. The minimum atomic E-state index is -0.314. The molecule has 118 valence electrons. The maximum Gasteiger partial charge on any atom is 0.230 e. The van der Waals surface area contributed by atoms with Gasteiger partial charge in [0.2, 0.25) is 5.91 Å². The molecule has 0 saturated carbocycles. The van der Waals surface area contributed by atoms with Crippen molar-refractivity contribution in [2.75, 3.05) is 5.32 Å². The van der Waals surface area contributed by atoms with Crippen molar-refractivity contribution in [3.8, 4) is 11.8 Å². The van der Waals surface area contributed by atoms with E-state index in [0.29, 0.717) is 0 Å². The van der Waals surface area contributed by atoms with E-state index in [0.717, 1.165) is 29.7 Å². The molecule has 0 aliphatic rings. The Hall–Kier alpha value is -2.53. The number of hydrogen-bond donors (Lipinski definition) is 1. The summed E-state index contributed by atoms with van der Waals surface area (Å²) >= 11 is 0. The first-order valence-corrected chi connectivity index (χ1v) is 8.06. The van der Waals surface area contributed by atoms with Crippen LogP contribution in [-0.2, 0) is 4.79 Å². The maximum atomic E-state index is 12.4. The van der Waals surface area contributed by atoms with Crippen LogP contribution in [0.3, 0.4) is 0 Å². The number of carbonyl (C=O) groups excluding carboxylic acids is 1. The van der Waals surface area contributed by atoms with Gasteiger partial charge in [0.1, 0.15) is 0 Å². The summed E-state index contributed by atoms with van der Waals surface area (Å²) in [5.74, 6) is 6.33. The molecule has 0 aliphatic heterocycles. The minimum absolute atomic E-state index is 0.0746. The van der Waals surface area contributed by atoms with Crippen LogP contribution < -0.4 is 5.32 Å². The first-order valence-electron chi connectivity index (χ1n) is 8.06. The number of nitrogens with one attached hydrogen (secondary N) is 1. The van der Waals surface area contributed by atoms with Gasteiger partial charge in [0.15, 0.2) is 0 Å². The van der Waals surface area contributed by atoms with E-state index in [1.165, 1.54) is 0 Å². The molecule has 1 N–H and O–H groups in total. The zero-order chi connectivity index (χ0) is 16.7. The van der Waals surface area contributed by atoms with Gasteiger partial charge in [-0.25, -0.2) is 0 Å². The molecule has 2 nitrogen and oxygen atoms in total. The van der Waals surface area contributed by atoms with Crippen molar-refractivity contribution in [3.63, 3.8) is 0 Å². The van der Waals surface area contributed by atoms with E-state index >= 15 is 0 Å². The SMILES string of the molecule is CCC(C)(CC)C(=O)Nc1ccc(C#Cc2ccccc2)cc1. The number of carbonyl (C=O) groups is 1. The lowest BCUT2D eigenvalue weighted by Crippen LogP contribution is -2.32. The van der Waals surface area contributed by atoms with Gasteiger partial charge >= 0.3 is 0 Å². The Morgan fingerprint density at radius 1 is 0.913 bits per heavy atom. The average Bonchev–Trinajstić information content (AvgIpc) is 2.61. The summed E-state index contributed by atoms with van der Waals surface area (Å²) < 4.78 is 0. The van der Waals surface area contributed by atoms with Crippen LogP contribution in [0, 0.1) is 17.3 Å². The second kappa shape index (κ2) is 7.65. The van der Waals surface area contributed by atoms with Crippen molar-refractivity contribution in [1.29, 1.82) is 0 Å². The Bertz CT molecular complexity index is 701. The van der Waals surface area contributed by atoms with Crippen LogP contribution >= 0.6 is 0 Å². The highest BCUT2D eigenvalue weighted by molar-refractivity contribution is 5.95.